The van der Waals surface area contributed by atoms with Crippen molar-refractivity contribution in [2.45, 2.75) is 6.92 Å². The van der Waals surface area contributed by atoms with Gasteiger partial charge in [0.05, 0.1) is 5.52 Å². The number of amides is 1. The van der Waals surface area contributed by atoms with Gasteiger partial charge in [-0.3, -0.25) is 14.8 Å². The molecule has 3 N–H and O–H groups in total. The molecule has 3 aromatic carbocycles. The van der Waals surface area contributed by atoms with Crippen molar-refractivity contribution in [2.75, 3.05) is 16.0 Å². The standard InChI is InChI=1S/C28H23N5O/c1-19-8-9-26-25(16-19)27(12-15-30-26)32-23-6-3-7-24(18-23)33-28(34)20-4-2-5-22(17-20)31-21-10-13-29-14-11-21/h2-18H,1H3,(H,29,31)(H,30,32)(H,33,34). The highest BCUT2D eigenvalue weighted by Gasteiger charge is 2.09. The molecule has 2 heterocycles. The molecule has 34 heavy (non-hydrogen) atoms. The second kappa shape index (κ2) is 9.42. The van der Waals surface area contributed by atoms with Gasteiger partial charge >= 0.3 is 0 Å². The van der Waals surface area contributed by atoms with Crippen LogP contribution >= 0.6 is 0 Å². The summed E-state index contributed by atoms with van der Waals surface area (Å²) in [6.45, 7) is 2.06. The minimum Gasteiger partial charge on any atom is -0.355 e. The summed E-state index contributed by atoms with van der Waals surface area (Å²) in [5, 5.41) is 10.8. The molecule has 0 unspecified atom stereocenters. The number of hydrogen-bond donors (Lipinski definition) is 3. The summed E-state index contributed by atoms with van der Waals surface area (Å²) in [5.41, 5.74) is 6.95. The van der Waals surface area contributed by atoms with Crippen LogP contribution in [0.4, 0.5) is 28.4 Å². The first-order valence-electron chi connectivity index (χ1n) is 10.9. The maximum absolute atomic E-state index is 12.9. The molecule has 2 aromatic heterocycles. The third kappa shape index (κ3) is 4.86. The summed E-state index contributed by atoms with van der Waals surface area (Å²) in [6, 6.07) is 26.9. The van der Waals surface area contributed by atoms with E-state index in [2.05, 4.69) is 45.0 Å². The topological polar surface area (TPSA) is 78.9 Å². The van der Waals surface area contributed by atoms with Gasteiger partial charge in [0.15, 0.2) is 0 Å². The molecule has 0 saturated carbocycles. The van der Waals surface area contributed by atoms with Crippen LogP contribution in [0.15, 0.2) is 104 Å². The van der Waals surface area contributed by atoms with E-state index >= 15 is 0 Å². The Bertz CT molecular complexity index is 1470. The number of carbonyl (C=O) groups is 1. The molecular weight excluding hydrogens is 422 g/mol. The summed E-state index contributed by atoms with van der Waals surface area (Å²) >= 11 is 0. The maximum atomic E-state index is 12.9. The monoisotopic (exact) mass is 445 g/mol. The fourth-order valence-electron chi connectivity index (χ4n) is 3.74. The van der Waals surface area contributed by atoms with Crippen molar-refractivity contribution in [1.82, 2.24) is 9.97 Å². The first-order chi connectivity index (χ1) is 16.6. The molecule has 0 aliphatic carbocycles. The summed E-state index contributed by atoms with van der Waals surface area (Å²) in [6.07, 6.45) is 5.23. The largest absolute Gasteiger partial charge is 0.355 e. The third-order valence-corrected chi connectivity index (χ3v) is 5.39. The van der Waals surface area contributed by atoms with Crippen LogP contribution in [0.5, 0.6) is 0 Å². The van der Waals surface area contributed by atoms with Crippen LogP contribution in [0.1, 0.15) is 15.9 Å². The number of aryl methyl sites for hydroxylation is 1. The molecule has 0 fully saturated rings. The lowest BCUT2D eigenvalue weighted by Gasteiger charge is -2.12. The molecule has 6 heteroatoms. The Labute approximate surface area is 197 Å². The average Bonchev–Trinajstić information content (AvgIpc) is 2.85. The van der Waals surface area contributed by atoms with Crippen LogP contribution < -0.4 is 16.0 Å². The number of fused-ring (bicyclic) bond motifs is 1. The fourth-order valence-corrected chi connectivity index (χ4v) is 3.74. The second-order valence-corrected chi connectivity index (χ2v) is 7.98. The van der Waals surface area contributed by atoms with E-state index in [9.17, 15) is 4.79 Å². The van der Waals surface area contributed by atoms with Crippen molar-refractivity contribution in [2.24, 2.45) is 0 Å². The minimum atomic E-state index is -0.180. The molecule has 0 radical (unpaired) electrons. The highest BCUT2D eigenvalue weighted by Crippen LogP contribution is 2.27. The van der Waals surface area contributed by atoms with Crippen molar-refractivity contribution >= 4 is 45.2 Å². The van der Waals surface area contributed by atoms with E-state index in [0.717, 1.165) is 33.7 Å². The lowest BCUT2D eigenvalue weighted by atomic mass is 10.1. The fraction of sp³-hybridized carbons (Fsp3) is 0.0357. The van der Waals surface area contributed by atoms with E-state index in [0.29, 0.717) is 11.3 Å². The van der Waals surface area contributed by atoms with Crippen LogP contribution in [0.3, 0.4) is 0 Å². The van der Waals surface area contributed by atoms with Gasteiger partial charge in [-0.15, -0.1) is 0 Å². The maximum Gasteiger partial charge on any atom is 0.255 e. The first kappa shape index (κ1) is 21.2. The predicted octanol–water partition coefficient (Wildman–Crippen LogP) is 6.68. The zero-order valence-corrected chi connectivity index (χ0v) is 18.6. The van der Waals surface area contributed by atoms with E-state index in [1.807, 2.05) is 66.7 Å². The third-order valence-electron chi connectivity index (χ3n) is 5.39. The van der Waals surface area contributed by atoms with Crippen molar-refractivity contribution < 1.29 is 4.79 Å². The van der Waals surface area contributed by atoms with Crippen molar-refractivity contribution in [3.63, 3.8) is 0 Å². The Hall–Kier alpha value is -4.71. The summed E-state index contributed by atoms with van der Waals surface area (Å²) in [5.74, 6) is -0.180. The lowest BCUT2D eigenvalue weighted by Crippen LogP contribution is -2.12. The van der Waals surface area contributed by atoms with Gasteiger partial charge in [-0.1, -0.05) is 23.8 Å². The lowest BCUT2D eigenvalue weighted by molar-refractivity contribution is 0.102. The zero-order chi connectivity index (χ0) is 23.3. The summed E-state index contributed by atoms with van der Waals surface area (Å²) in [4.78, 5) is 21.4. The molecule has 0 saturated heterocycles. The molecule has 5 aromatic rings. The Balaban J connectivity index is 1.32. The zero-order valence-electron chi connectivity index (χ0n) is 18.6. The molecule has 0 spiro atoms. The Morgan fingerprint density at radius 1 is 0.706 bits per heavy atom. The van der Waals surface area contributed by atoms with Crippen molar-refractivity contribution in [3.8, 4) is 0 Å². The van der Waals surface area contributed by atoms with Gasteiger partial charge in [-0.2, -0.15) is 0 Å². The van der Waals surface area contributed by atoms with Crippen LogP contribution in [0.25, 0.3) is 10.9 Å². The Kier molecular flexibility index (Phi) is 5.86. The van der Waals surface area contributed by atoms with Gasteiger partial charge in [0.25, 0.3) is 5.91 Å². The van der Waals surface area contributed by atoms with Crippen molar-refractivity contribution in [1.29, 1.82) is 0 Å². The second-order valence-electron chi connectivity index (χ2n) is 7.98. The Morgan fingerprint density at radius 2 is 1.47 bits per heavy atom. The molecule has 0 bridgehead atoms. The number of carbonyl (C=O) groups excluding carboxylic acids is 1. The van der Waals surface area contributed by atoms with E-state index in [-0.39, 0.29) is 5.91 Å². The number of rotatable bonds is 6. The molecule has 6 nitrogen and oxygen atoms in total. The number of nitrogens with zero attached hydrogens (tertiary/aromatic N) is 2. The van der Waals surface area contributed by atoms with Gasteiger partial charge in [0.1, 0.15) is 0 Å². The van der Waals surface area contributed by atoms with Crippen LogP contribution in [-0.2, 0) is 0 Å². The predicted molar refractivity (Wildman–Crippen MR) is 138 cm³/mol. The molecule has 166 valence electrons. The van der Waals surface area contributed by atoms with Gasteiger partial charge < -0.3 is 16.0 Å². The average molecular weight is 446 g/mol. The number of aromatic nitrogens is 2. The molecule has 0 aliphatic rings. The smallest absolute Gasteiger partial charge is 0.255 e. The first-order valence-corrected chi connectivity index (χ1v) is 10.9. The van der Waals surface area contributed by atoms with Crippen LogP contribution in [0.2, 0.25) is 0 Å². The van der Waals surface area contributed by atoms with Gasteiger partial charge in [0, 0.05) is 58.0 Å². The number of anilines is 5. The van der Waals surface area contributed by atoms with E-state index in [1.54, 1.807) is 24.7 Å². The normalized spacial score (nSPS) is 10.6. The van der Waals surface area contributed by atoms with E-state index in [1.165, 1.54) is 5.56 Å². The molecule has 0 atom stereocenters. The quantitative estimate of drug-likeness (QED) is 0.272. The highest BCUT2D eigenvalue weighted by molar-refractivity contribution is 6.05. The summed E-state index contributed by atoms with van der Waals surface area (Å²) in [7, 11) is 0. The molecule has 0 aliphatic heterocycles. The van der Waals surface area contributed by atoms with E-state index in [4.69, 9.17) is 0 Å². The molecule has 1 amide bonds. The summed E-state index contributed by atoms with van der Waals surface area (Å²) < 4.78 is 0. The van der Waals surface area contributed by atoms with Gasteiger partial charge in [0.2, 0.25) is 0 Å². The van der Waals surface area contributed by atoms with Crippen molar-refractivity contribution in [3.05, 3.63) is 115 Å². The molecular formula is C28H23N5O. The van der Waals surface area contributed by atoms with Gasteiger partial charge in [-0.05, 0) is 73.7 Å². The van der Waals surface area contributed by atoms with Crippen LogP contribution in [0, 0.1) is 6.92 Å². The van der Waals surface area contributed by atoms with Gasteiger partial charge in [-0.25, -0.2) is 0 Å². The molecule has 5 rings (SSSR count). The van der Waals surface area contributed by atoms with E-state index < -0.39 is 0 Å². The van der Waals surface area contributed by atoms with Crippen LogP contribution in [-0.4, -0.2) is 15.9 Å². The minimum absolute atomic E-state index is 0.180. The number of pyridine rings is 2. The number of hydrogen-bond acceptors (Lipinski definition) is 5. The Morgan fingerprint density at radius 3 is 2.32 bits per heavy atom. The number of benzene rings is 3. The number of nitrogens with one attached hydrogen (secondary N) is 3. The highest BCUT2D eigenvalue weighted by atomic mass is 16.1. The SMILES string of the molecule is Cc1ccc2nccc(Nc3cccc(NC(=O)c4cccc(Nc5ccncc5)c4)c3)c2c1.